The molecule has 0 fully saturated rings. The van der Waals surface area contributed by atoms with E-state index in [1.165, 1.54) is 23.7 Å². The molecule has 0 aliphatic rings. The average Bonchev–Trinajstić information content (AvgIpc) is 2.75. The minimum Gasteiger partial charge on any atom is -0.305 e. The van der Waals surface area contributed by atoms with Gasteiger partial charge in [0.2, 0.25) is 0 Å². The van der Waals surface area contributed by atoms with Crippen LogP contribution in [-0.2, 0) is 13.6 Å². The number of rotatable bonds is 4. The highest BCUT2D eigenvalue weighted by Crippen LogP contribution is 2.22. The number of fused-ring (bicyclic) bond motifs is 1. The number of benzene rings is 2. The Labute approximate surface area is 169 Å². The Balaban J connectivity index is 2.05. The normalized spacial score (nSPS) is 11.2. The molecule has 0 aliphatic carbocycles. The van der Waals surface area contributed by atoms with E-state index in [-0.39, 0.29) is 22.5 Å². The topological polar surface area (TPSA) is 91.8 Å². The number of aromatic nitrogens is 5. The molecule has 0 radical (unpaired) electrons. The third-order valence-electron chi connectivity index (χ3n) is 4.82. The molecule has 0 bridgehead atoms. The fourth-order valence-corrected chi connectivity index (χ4v) is 3.29. The lowest BCUT2D eigenvalue weighted by Gasteiger charge is -2.14. The van der Waals surface area contributed by atoms with Gasteiger partial charge in [-0.15, -0.1) is 0 Å². The van der Waals surface area contributed by atoms with Gasteiger partial charge in [-0.2, -0.15) is 9.78 Å². The SMILES string of the molecule is CCCn1c(=O)c(-c2ccccc2)nc2cc(F)c(-n3ncc(=O)n(C)c3=O)cc21. The van der Waals surface area contributed by atoms with Gasteiger partial charge in [0.05, 0.1) is 11.0 Å². The number of halogens is 1. The van der Waals surface area contributed by atoms with Crippen molar-refractivity contribution in [1.29, 1.82) is 0 Å². The Morgan fingerprint density at radius 3 is 2.50 bits per heavy atom. The van der Waals surface area contributed by atoms with Gasteiger partial charge in [-0.3, -0.25) is 14.2 Å². The summed E-state index contributed by atoms with van der Waals surface area (Å²) in [6.07, 6.45) is 1.60. The molecule has 4 rings (SSSR count). The molecule has 0 N–H and O–H groups in total. The van der Waals surface area contributed by atoms with Crippen molar-refractivity contribution in [3.63, 3.8) is 0 Å². The first-order valence-corrected chi connectivity index (χ1v) is 9.37. The Kier molecular flexibility index (Phi) is 4.86. The minimum atomic E-state index is -0.793. The summed E-state index contributed by atoms with van der Waals surface area (Å²) in [5.74, 6) is -0.746. The van der Waals surface area contributed by atoms with Crippen LogP contribution in [0.5, 0.6) is 0 Å². The second-order valence-corrected chi connectivity index (χ2v) is 6.81. The molecule has 0 atom stereocenters. The molecule has 0 unspecified atom stereocenters. The molecule has 4 aromatic rings. The van der Waals surface area contributed by atoms with Crippen molar-refractivity contribution in [2.45, 2.75) is 19.9 Å². The van der Waals surface area contributed by atoms with Gasteiger partial charge >= 0.3 is 5.69 Å². The van der Waals surface area contributed by atoms with Gasteiger partial charge in [-0.05, 0) is 12.5 Å². The molecule has 0 aliphatic heterocycles. The third-order valence-corrected chi connectivity index (χ3v) is 4.82. The van der Waals surface area contributed by atoms with E-state index in [9.17, 15) is 18.8 Å². The van der Waals surface area contributed by atoms with Gasteiger partial charge in [0.25, 0.3) is 11.1 Å². The van der Waals surface area contributed by atoms with Crippen LogP contribution in [0, 0.1) is 5.82 Å². The molecule has 9 heteroatoms. The Hall–Kier alpha value is -3.88. The Morgan fingerprint density at radius 1 is 1.07 bits per heavy atom. The number of aryl methyl sites for hydroxylation is 1. The summed E-state index contributed by atoms with van der Waals surface area (Å²) in [6, 6.07) is 11.5. The highest BCUT2D eigenvalue weighted by molar-refractivity contribution is 5.80. The molecule has 2 aromatic heterocycles. The van der Waals surface area contributed by atoms with Crippen molar-refractivity contribution in [2.24, 2.45) is 7.05 Å². The van der Waals surface area contributed by atoms with Gasteiger partial charge < -0.3 is 4.57 Å². The number of hydrogen-bond donors (Lipinski definition) is 0. The van der Waals surface area contributed by atoms with Crippen LogP contribution in [0.3, 0.4) is 0 Å². The molecule has 2 aromatic carbocycles. The maximum atomic E-state index is 15.0. The standard InChI is InChI=1S/C21H18FN5O3/c1-3-9-26-17-11-16(27-21(30)25(2)18(28)12-23-27)14(22)10-15(17)24-19(20(26)29)13-7-5-4-6-8-13/h4-8,10-12H,3,9H2,1-2H3. The van der Waals surface area contributed by atoms with Crippen molar-refractivity contribution in [3.05, 3.63) is 85.7 Å². The summed E-state index contributed by atoms with van der Waals surface area (Å²) in [7, 11) is 1.28. The lowest BCUT2D eigenvalue weighted by Crippen LogP contribution is -2.38. The summed E-state index contributed by atoms with van der Waals surface area (Å²) in [5, 5.41) is 3.76. The summed E-state index contributed by atoms with van der Waals surface area (Å²) in [4.78, 5) is 41.6. The van der Waals surface area contributed by atoms with E-state index in [4.69, 9.17) is 0 Å². The lowest BCUT2D eigenvalue weighted by atomic mass is 10.1. The van der Waals surface area contributed by atoms with Crippen molar-refractivity contribution in [1.82, 2.24) is 23.9 Å². The van der Waals surface area contributed by atoms with Crippen LogP contribution >= 0.6 is 0 Å². The highest BCUT2D eigenvalue weighted by atomic mass is 19.1. The highest BCUT2D eigenvalue weighted by Gasteiger charge is 2.17. The Morgan fingerprint density at radius 2 is 1.80 bits per heavy atom. The fraction of sp³-hybridized carbons (Fsp3) is 0.190. The van der Waals surface area contributed by atoms with Crippen molar-refractivity contribution >= 4 is 11.0 Å². The molecular weight excluding hydrogens is 389 g/mol. The van der Waals surface area contributed by atoms with Gasteiger partial charge in [-0.25, -0.2) is 14.2 Å². The van der Waals surface area contributed by atoms with E-state index in [2.05, 4.69) is 10.1 Å². The first kappa shape index (κ1) is 19.4. The molecule has 2 heterocycles. The molecule has 0 spiro atoms. The molecular formula is C21H18FN5O3. The smallest absolute Gasteiger partial charge is 0.305 e. The zero-order valence-corrected chi connectivity index (χ0v) is 16.4. The predicted octanol–water partition coefficient (Wildman–Crippen LogP) is 1.86. The van der Waals surface area contributed by atoms with E-state index < -0.39 is 17.1 Å². The van der Waals surface area contributed by atoms with Gasteiger partial charge in [0, 0.05) is 25.2 Å². The quantitative estimate of drug-likeness (QED) is 0.515. The van der Waals surface area contributed by atoms with E-state index in [1.807, 2.05) is 13.0 Å². The second kappa shape index (κ2) is 7.51. The van der Waals surface area contributed by atoms with Crippen LogP contribution in [0.4, 0.5) is 4.39 Å². The first-order chi connectivity index (χ1) is 14.4. The van der Waals surface area contributed by atoms with Crippen LogP contribution in [0.25, 0.3) is 28.0 Å². The first-order valence-electron chi connectivity index (χ1n) is 9.37. The summed E-state index contributed by atoms with van der Waals surface area (Å²) in [5.41, 5.74) is -0.360. The third kappa shape index (κ3) is 3.14. The molecule has 0 saturated carbocycles. The monoisotopic (exact) mass is 407 g/mol. The second-order valence-electron chi connectivity index (χ2n) is 6.81. The predicted molar refractivity (Wildman–Crippen MR) is 110 cm³/mol. The summed E-state index contributed by atoms with van der Waals surface area (Å²) >= 11 is 0. The maximum Gasteiger partial charge on any atom is 0.352 e. The molecule has 30 heavy (non-hydrogen) atoms. The zero-order chi connectivity index (χ0) is 21.4. The number of nitrogens with zero attached hydrogens (tertiary/aromatic N) is 5. The van der Waals surface area contributed by atoms with Crippen LogP contribution in [0.15, 0.2) is 63.0 Å². The van der Waals surface area contributed by atoms with Crippen molar-refractivity contribution < 1.29 is 4.39 Å². The van der Waals surface area contributed by atoms with E-state index >= 15 is 0 Å². The molecule has 8 nitrogen and oxygen atoms in total. The summed E-state index contributed by atoms with van der Waals surface area (Å²) < 4.78 is 18.1. The van der Waals surface area contributed by atoms with Crippen molar-refractivity contribution in [3.8, 4) is 16.9 Å². The maximum absolute atomic E-state index is 15.0. The minimum absolute atomic E-state index is 0.165. The van der Waals surface area contributed by atoms with E-state index in [0.717, 1.165) is 15.4 Å². The number of hydrogen-bond acceptors (Lipinski definition) is 5. The zero-order valence-electron chi connectivity index (χ0n) is 16.4. The van der Waals surface area contributed by atoms with Crippen LogP contribution in [0.2, 0.25) is 0 Å². The lowest BCUT2D eigenvalue weighted by molar-refractivity contribution is 0.585. The van der Waals surface area contributed by atoms with Crippen LogP contribution in [-0.4, -0.2) is 23.9 Å². The Bertz CT molecular complexity index is 1440. The average molecular weight is 407 g/mol. The summed E-state index contributed by atoms with van der Waals surface area (Å²) in [6.45, 7) is 2.31. The van der Waals surface area contributed by atoms with Gasteiger partial charge in [-0.1, -0.05) is 37.3 Å². The molecule has 0 saturated heterocycles. The van der Waals surface area contributed by atoms with E-state index in [0.29, 0.717) is 24.0 Å². The van der Waals surface area contributed by atoms with E-state index in [1.54, 1.807) is 24.3 Å². The van der Waals surface area contributed by atoms with Crippen LogP contribution < -0.4 is 16.8 Å². The largest absolute Gasteiger partial charge is 0.352 e. The van der Waals surface area contributed by atoms with Gasteiger partial charge in [0.15, 0.2) is 5.82 Å². The molecule has 0 amide bonds. The fourth-order valence-electron chi connectivity index (χ4n) is 3.29. The van der Waals surface area contributed by atoms with Gasteiger partial charge in [0.1, 0.15) is 17.6 Å². The van der Waals surface area contributed by atoms with Crippen LogP contribution in [0.1, 0.15) is 13.3 Å². The van der Waals surface area contributed by atoms with Crippen molar-refractivity contribution in [2.75, 3.05) is 0 Å². The molecule has 152 valence electrons.